The van der Waals surface area contributed by atoms with Crippen LogP contribution < -0.4 is 10.5 Å². The normalized spacial score (nSPS) is 10.4. The summed E-state index contributed by atoms with van der Waals surface area (Å²) in [5.74, 6) is 1.03. The van der Waals surface area contributed by atoms with Crippen LogP contribution in [0.15, 0.2) is 30.3 Å². The van der Waals surface area contributed by atoms with E-state index in [1.165, 1.54) is 6.07 Å². The number of nitrogens with zero attached hydrogens (tertiary/aromatic N) is 2. The van der Waals surface area contributed by atoms with E-state index < -0.39 is 0 Å². The number of aromatic nitrogens is 2. The first-order chi connectivity index (χ1) is 8.69. The monoisotopic (exact) mass is 283 g/mol. The van der Waals surface area contributed by atoms with Gasteiger partial charge in [0.05, 0.1) is 0 Å². The predicted octanol–water partition coefficient (Wildman–Crippen LogP) is 3.08. The van der Waals surface area contributed by atoms with Crippen LogP contribution in [0.3, 0.4) is 0 Å². The van der Waals surface area contributed by atoms with Gasteiger partial charge in [0, 0.05) is 6.07 Å². The van der Waals surface area contributed by atoms with Gasteiger partial charge in [-0.1, -0.05) is 35.3 Å². The second kappa shape index (κ2) is 6.00. The summed E-state index contributed by atoms with van der Waals surface area (Å²) in [6.45, 7) is 0.621. The number of rotatable bonds is 4. The SMILES string of the molecule is NCCc1ccc(Oc2cc(Cl)nnc2Cl)cc1. The van der Waals surface area contributed by atoms with E-state index in [-0.39, 0.29) is 10.3 Å². The second-order valence-corrected chi connectivity index (χ2v) is 4.35. The van der Waals surface area contributed by atoms with Gasteiger partial charge in [0.2, 0.25) is 0 Å². The average molecular weight is 284 g/mol. The maximum absolute atomic E-state index is 5.85. The van der Waals surface area contributed by atoms with Gasteiger partial charge in [0.15, 0.2) is 16.1 Å². The minimum absolute atomic E-state index is 0.172. The number of nitrogens with two attached hydrogens (primary N) is 1. The molecule has 0 aliphatic rings. The zero-order valence-corrected chi connectivity index (χ0v) is 10.9. The first-order valence-corrected chi connectivity index (χ1v) is 6.10. The number of halogens is 2. The Balaban J connectivity index is 2.15. The highest BCUT2D eigenvalue weighted by molar-refractivity contribution is 6.32. The number of ether oxygens (including phenoxy) is 1. The Labute approximate surface area is 115 Å². The van der Waals surface area contributed by atoms with E-state index in [1.54, 1.807) is 0 Å². The summed E-state index contributed by atoms with van der Waals surface area (Å²) < 4.78 is 5.57. The van der Waals surface area contributed by atoms with Gasteiger partial charge in [-0.25, -0.2) is 0 Å². The molecule has 18 heavy (non-hydrogen) atoms. The molecule has 0 fully saturated rings. The largest absolute Gasteiger partial charge is 0.454 e. The smallest absolute Gasteiger partial charge is 0.194 e. The Morgan fingerprint density at radius 2 is 1.83 bits per heavy atom. The van der Waals surface area contributed by atoms with Crippen molar-refractivity contribution in [2.75, 3.05) is 6.54 Å². The Kier molecular flexibility index (Phi) is 4.36. The zero-order chi connectivity index (χ0) is 13.0. The van der Waals surface area contributed by atoms with Gasteiger partial charge >= 0.3 is 0 Å². The highest BCUT2D eigenvalue weighted by Crippen LogP contribution is 2.28. The van der Waals surface area contributed by atoms with Crippen LogP contribution in [0, 0.1) is 0 Å². The lowest BCUT2D eigenvalue weighted by Gasteiger charge is -2.07. The maximum atomic E-state index is 5.85. The molecule has 0 amide bonds. The van der Waals surface area contributed by atoms with E-state index in [0.29, 0.717) is 18.0 Å². The van der Waals surface area contributed by atoms with Gasteiger partial charge in [-0.05, 0) is 30.7 Å². The molecule has 94 valence electrons. The van der Waals surface area contributed by atoms with E-state index in [4.69, 9.17) is 33.7 Å². The van der Waals surface area contributed by atoms with Crippen molar-refractivity contribution in [1.29, 1.82) is 0 Å². The van der Waals surface area contributed by atoms with Crippen molar-refractivity contribution in [1.82, 2.24) is 10.2 Å². The molecular formula is C12H11Cl2N3O. The van der Waals surface area contributed by atoms with Gasteiger partial charge in [-0.2, -0.15) is 0 Å². The molecule has 0 aliphatic heterocycles. The van der Waals surface area contributed by atoms with Gasteiger partial charge in [0.1, 0.15) is 5.75 Å². The van der Waals surface area contributed by atoms with Crippen LogP contribution in [0.5, 0.6) is 11.5 Å². The van der Waals surface area contributed by atoms with Crippen LogP contribution in [0.4, 0.5) is 0 Å². The molecule has 0 atom stereocenters. The lowest BCUT2D eigenvalue weighted by atomic mass is 10.1. The van der Waals surface area contributed by atoms with Crippen LogP contribution in [-0.4, -0.2) is 16.7 Å². The van der Waals surface area contributed by atoms with Crippen LogP contribution in [0.1, 0.15) is 5.56 Å². The summed E-state index contributed by atoms with van der Waals surface area (Å²) in [6.07, 6.45) is 0.837. The zero-order valence-electron chi connectivity index (χ0n) is 9.44. The second-order valence-electron chi connectivity index (χ2n) is 3.61. The first kappa shape index (κ1) is 13.1. The Morgan fingerprint density at radius 3 is 2.50 bits per heavy atom. The molecule has 4 nitrogen and oxygen atoms in total. The van der Waals surface area contributed by atoms with Crippen molar-refractivity contribution in [3.05, 3.63) is 46.2 Å². The van der Waals surface area contributed by atoms with Crippen molar-refractivity contribution >= 4 is 23.2 Å². The standard InChI is InChI=1S/C12H11Cl2N3O/c13-11-7-10(12(14)17-16-11)18-9-3-1-8(2-4-9)5-6-15/h1-4,7H,5-6,15H2. The first-order valence-electron chi connectivity index (χ1n) is 5.34. The Morgan fingerprint density at radius 1 is 1.11 bits per heavy atom. The number of hydrogen-bond acceptors (Lipinski definition) is 4. The van der Waals surface area contributed by atoms with Crippen LogP contribution >= 0.6 is 23.2 Å². The molecule has 2 N–H and O–H groups in total. The lowest BCUT2D eigenvalue weighted by molar-refractivity contribution is 0.478. The molecule has 0 spiro atoms. The van der Waals surface area contributed by atoms with Crippen molar-refractivity contribution < 1.29 is 4.74 Å². The van der Waals surface area contributed by atoms with E-state index in [1.807, 2.05) is 24.3 Å². The van der Waals surface area contributed by atoms with Gasteiger partial charge in [-0.15, -0.1) is 10.2 Å². The van der Waals surface area contributed by atoms with E-state index in [0.717, 1.165) is 12.0 Å². The topological polar surface area (TPSA) is 61.0 Å². The molecule has 1 aromatic carbocycles. The molecule has 2 aromatic rings. The van der Waals surface area contributed by atoms with Crippen LogP contribution in [-0.2, 0) is 6.42 Å². The van der Waals surface area contributed by atoms with Crippen LogP contribution in [0.25, 0.3) is 0 Å². The maximum Gasteiger partial charge on any atom is 0.194 e. The third kappa shape index (κ3) is 3.32. The summed E-state index contributed by atoms with van der Waals surface area (Å²) in [5.41, 5.74) is 6.63. The fraction of sp³-hybridized carbons (Fsp3) is 0.167. The summed E-state index contributed by atoms with van der Waals surface area (Å²) >= 11 is 11.6. The van der Waals surface area contributed by atoms with E-state index >= 15 is 0 Å². The predicted molar refractivity (Wildman–Crippen MR) is 71.3 cm³/mol. The summed E-state index contributed by atoms with van der Waals surface area (Å²) in [5, 5.41) is 7.68. The van der Waals surface area contributed by atoms with E-state index in [2.05, 4.69) is 10.2 Å². The number of benzene rings is 1. The molecule has 0 saturated heterocycles. The Hall–Kier alpha value is -1.36. The lowest BCUT2D eigenvalue weighted by Crippen LogP contribution is -2.02. The molecule has 1 aromatic heterocycles. The molecule has 6 heteroatoms. The van der Waals surface area contributed by atoms with Crippen molar-refractivity contribution in [2.24, 2.45) is 5.73 Å². The quantitative estimate of drug-likeness (QED) is 0.937. The third-order valence-electron chi connectivity index (χ3n) is 2.27. The van der Waals surface area contributed by atoms with Crippen molar-refractivity contribution in [2.45, 2.75) is 6.42 Å². The molecule has 2 rings (SSSR count). The molecule has 0 radical (unpaired) electrons. The molecular weight excluding hydrogens is 273 g/mol. The fourth-order valence-electron chi connectivity index (χ4n) is 1.43. The third-order valence-corrected chi connectivity index (χ3v) is 2.72. The van der Waals surface area contributed by atoms with Gasteiger partial charge < -0.3 is 10.5 Å². The molecule has 0 bridgehead atoms. The fourth-order valence-corrected chi connectivity index (χ4v) is 1.69. The highest BCUT2D eigenvalue weighted by Gasteiger charge is 2.06. The van der Waals surface area contributed by atoms with Gasteiger partial charge in [0.25, 0.3) is 0 Å². The summed E-state index contributed by atoms with van der Waals surface area (Å²) in [7, 11) is 0. The Bertz CT molecular complexity index is 531. The highest BCUT2D eigenvalue weighted by atomic mass is 35.5. The van der Waals surface area contributed by atoms with Crippen molar-refractivity contribution in [3.8, 4) is 11.5 Å². The van der Waals surface area contributed by atoms with Crippen molar-refractivity contribution in [3.63, 3.8) is 0 Å². The van der Waals surface area contributed by atoms with Gasteiger partial charge in [-0.3, -0.25) is 0 Å². The summed E-state index contributed by atoms with van der Waals surface area (Å²) in [6, 6.07) is 9.11. The van der Waals surface area contributed by atoms with Crippen LogP contribution in [0.2, 0.25) is 10.3 Å². The average Bonchev–Trinajstić information content (AvgIpc) is 2.37. The molecule has 1 heterocycles. The number of hydrogen-bond donors (Lipinski definition) is 1. The minimum Gasteiger partial charge on any atom is -0.454 e. The minimum atomic E-state index is 0.172. The molecule has 0 saturated carbocycles. The molecule has 0 unspecified atom stereocenters. The summed E-state index contributed by atoms with van der Waals surface area (Å²) in [4.78, 5) is 0. The van der Waals surface area contributed by atoms with E-state index in [9.17, 15) is 0 Å². The molecule has 0 aliphatic carbocycles.